The number of nitrogens with zero attached hydrogens (tertiary/aromatic N) is 4. The van der Waals surface area contributed by atoms with Crippen molar-refractivity contribution in [2.75, 3.05) is 44.4 Å². The van der Waals surface area contributed by atoms with E-state index in [0.29, 0.717) is 24.1 Å². The number of rotatable bonds is 9. The number of aryl methyl sites for hydroxylation is 1. The van der Waals surface area contributed by atoms with E-state index in [1.165, 1.54) is 22.9 Å². The SMILES string of the molecule is Cc1cc(Nc2ncc(Cl)c(Nc3ccccc3S(=O)(=O)C(C)C)n2)c2c(c1C1CCN(CC(=O)N(C)C)CC1)C[C@@H](C)O2. The summed E-state index contributed by atoms with van der Waals surface area (Å²) in [5, 5.41) is 6.12. The van der Waals surface area contributed by atoms with Crippen molar-refractivity contribution in [1.82, 2.24) is 19.8 Å². The first kappa shape index (κ1) is 32.0. The summed E-state index contributed by atoms with van der Waals surface area (Å²) in [6.07, 6.45) is 4.30. The molecule has 0 radical (unpaired) electrons. The van der Waals surface area contributed by atoms with Crippen molar-refractivity contribution in [3.05, 3.63) is 58.2 Å². The molecule has 2 N–H and O–H groups in total. The molecule has 44 heavy (non-hydrogen) atoms. The number of ether oxygens (including phenoxy) is 1. The lowest BCUT2D eigenvalue weighted by Crippen LogP contribution is -2.40. The molecule has 5 rings (SSSR count). The van der Waals surface area contributed by atoms with Crippen LogP contribution in [-0.4, -0.2) is 79.2 Å². The first-order valence-electron chi connectivity index (χ1n) is 15.0. The van der Waals surface area contributed by atoms with Crippen LogP contribution in [0, 0.1) is 6.92 Å². The van der Waals surface area contributed by atoms with E-state index in [1.807, 2.05) is 0 Å². The number of anilines is 4. The van der Waals surface area contributed by atoms with Crippen molar-refractivity contribution in [3.63, 3.8) is 0 Å². The Labute approximate surface area is 265 Å². The molecular weight excluding hydrogens is 600 g/mol. The summed E-state index contributed by atoms with van der Waals surface area (Å²) in [6, 6.07) is 8.80. The number of hydrogen-bond acceptors (Lipinski definition) is 9. The van der Waals surface area contributed by atoms with Gasteiger partial charge >= 0.3 is 0 Å². The Kier molecular flexibility index (Phi) is 9.38. The number of halogens is 1. The number of aromatic nitrogens is 2. The lowest BCUT2D eigenvalue weighted by atomic mass is 9.82. The number of likely N-dealkylation sites (tertiary alicyclic amines) is 1. The van der Waals surface area contributed by atoms with Crippen LogP contribution in [0.25, 0.3) is 0 Å². The van der Waals surface area contributed by atoms with Crippen LogP contribution in [0.2, 0.25) is 5.02 Å². The Morgan fingerprint density at radius 3 is 2.55 bits per heavy atom. The van der Waals surface area contributed by atoms with E-state index < -0.39 is 15.1 Å². The fraction of sp³-hybridized carbons (Fsp3) is 0.469. The highest BCUT2D eigenvalue weighted by atomic mass is 35.5. The van der Waals surface area contributed by atoms with Gasteiger partial charge in [0.25, 0.3) is 0 Å². The molecule has 2 aliphatic rings. The van der Waals surface area contributed by atoms with Gasteiger partial charge in [0.05, 0.1) is 34.3 Å². The molecule has 1 atom stereocenters. The van der Waals surface area contributed by atoms with Gasteiger partial charge < -0.3 is 20.3 Å². The Morgan fingerprint density at radius 1 is 1.16 bits per heavy atom. The van der Waals surface area contributed by atoms with E-state index in [1.54, 1.807) is 57.1 Å². The molecule has 236 valence electrons. The number of piperidine rings is 1. The molecule has 1 fully saturated rings. The molecule has 1 amide bonds. The molecule has 10 nitrogen and oxygen atoms in total. The van der Waals surface area contributed by atoms with E-state index in [9.17, 15) is 13.2 Å². The summed E-state index contributed by atoms with van der Waals surface area (Å²) in [4.78, 5) is 25.3. The van der Waals surface area contributed by atoms with Gasteiger partial charge in [0, 0.05) is 26.1 Å². The number of carbonyl (C=O) groups excluding carboxylic acids is 1. The van der Waals surface area contributed by atoms with Gasteiger partial charge in [-0.2, -0.15) is 4.98 Å². The maximum atomic E-state index is 13.0. The number of amides is 1. The van der Waals surface area contributed by atoms with E-state index in [-0.39, 0.29) is 27.7 Å². The molecule has 1 saturated heterocycles. The van der Waals surface area contributed by atoms with Crippen LogP contribution in [0.5, 0.6) is 5.75 Å². The average Bonchev–Trinajstić information content (AvgIpc) is 3.37. The second-order valence-electron chi connectivity index (χ2n) is 12.2. The van der Waals surface area contributed by atoms with Crippen LogP contribution in [0.15, 0.2) is 41.4 Å². The smallest absolute Gasteiger partial charge is 0.236 e. The van der Waals surface area contributed by atoms with E-state index in [0.717, 1.165) is 43.8 Å². The van der Waals surface area contributed by atoms with E-state index in [2.05, 4.69) is 45.4 Å². The normalized spacial score (nSPS) is 17.3. The Bertz CT molecular complexity index is 1650. The van der Waals surface area contributed by atoms with Gasteiger partial charge in [0.2, 0.25) is 11.9 Å². The highest BCUT2D eigenvalue weighted by Gasteiger charge is 2.32. The Morgan fingerprint density at radius 2 is 1.86 bits per heavy atom. The molecule has 0 unspecified atom stereocenters. The summed E-state index contributed by atoms with van der Waals surface area (Å²) in [5.74, 6) is 1.92. The third kappa shape index (κ3) is 6.64. The monoisotopic (exact) mass is 640 g/mol. The van der Waals surface area contributed by atoms with Gasteiger partial charge in [0.15, 0.2) is 15.7 Å². The molecule has 0 spiro atoms. The molecule has 12 heteroatoms. The molecule has 2 aliphatic heterocycles. The highest BCUT2D eigenvalue weighted by Crippen LogP contribution is 2.46. The quantitative estimate of drug-likeness (QED) is 0.304. The number of sulfone groups is 1. The van der Waals surface area contributed by atoms with Crippen molar-refractivity contribution in [3.8, 4) is 5.75 Å². The summed E-state index contributed by atoms with van der Waals surface area (Å²) >= 11 is 6.46. The maximum Gasteiger partial charge on any atom is 0.236 e. The third-order valence-corrected chi connectivity index (χ3v) is 10.8. The van der Waals surface area contributed by atoms with Gasteiger partial charge in [-0.1, -0.05) is 23.7 Å². The summed E-state index contributed by atoms with van der Waals surface area (Å²) < 4.78 is 32.3. The largest absolute Gasteiger partial charge is 0.488 e. The first-order chi connectivity index (χ1) is 20.8. The molecule has 0 aliphatic carbocycles. The van der Waals surface area contributed by atoms with Crippen LogP contribution < -0.4 is 15.4 Å². The van der Waals surface area contributed by atoms with Crippen LogP contribution in [-0.2, 0) is 21.1 Å². The van der Waals surface area contributed by atoms with Gasteiger partial charge in [-0.05, 0) is 88.9 Å². The molecular formula is C32H41ClN6O4S. The molecule has 3 aromatic rings. The Balaban J connectivity index is 1.39. The average molecular weight is 641 g/mol. The highest BCUT2D eigenvalue weighted by molar-refractivity contribution is 7.92. The maximum absolute atomic E-state index is 13.0. The van der Waals surface area contributed by atoms with Gasteiger partial charge in [-0.15, -0.1) is 0 Å². The number of hydrogen-bond donors (Lipinski definition) is 2. The van der Waals surface area contributed by atoms with E-state index in [4.69, 9.17) is 16.3 Å². The zero-order valence-electron chi connectivity index (χ0n) is 26.1. The standard InChI is InChI=1S/C32H41ClN6O4S/c1-19(2)44(41,42)27-10-8-7-9-25(27)35-31-24(33)17-34-32(37-31)36-26-15-20(3)29(23-16-21(4)43-30(23)26)22-11-13-39(14-12-22)18-28(40)38(5)6/h7-10,15,17,19,21-22H,11-14,16,18H2,1-6H3,(H2,34,35,36,37)/t21-/m1/s1. The summed E-state index contributed by atoms with van der Waals surface area (Å²) in [5.41, 5.74) is 4.89. The lowest BCUT2D eigenvalue weighted by Gasteiger charge is -2.33. The molecule has 0 bridgehead atoms. The van der Waals surface area contributed by atoms with Crippen molar-refractivity contribution in [2.24, 2.45) is 0 Å². The number of fused-ring (bicyclic) bond motifs is 1. The number of likely N-dealkylation sites (N-methyl/N-ethyl adjacent to an activating group) is 1. The minimum Gasteiger partial charge on any atom is -0.488 e. The molecule has 1 aromatic heterocycles. The van der Waals surface area contributed by atoms with Crippen molar-refractivity contribution >= 4 is 50.5 Å². The zero-order valence-corrected chi connectivity index (χ0v) is 27.7. The topological polar surface area (TPSA) is 117 Å². The van der Waals surface area contributed by atoms with Gasteiger partial charge in [-0.25, -0.2) is 13.4 Å². The Hall–Kier alpha value is -3.41. The van der Waals surface area contributed by atoms with Crippen molar-refractivity contribution < 1.29 is 17.9 Å². The summed E-state index contributed by atoms with van der Waals surface area (Å²) in [7, 11) is 0.0500. The number of nitrogens with one attached hydrogen (secondary N) is 2. The first-order valence-corrected chi connectivity index (χ1v) is 16.9. The van der Waals surface area contributed by atoms with Crippen LogP contribution in [0.4, 0.5) is 23.1 Å². The lowest BCUT2D eigenvalue weighted by molar-refractivity contribution is -0.130. The summed E-state index contributed by atoms with van der Waals surface area (Å²) in [6.45, 7) is 9.72. The fourth-order valence-corrected chi connectivity index (χ4v) is 7.30. The van der Waals surface area contributed by atoms with E-state index >= 15 is 0 Å². The second kappa shape index (κ2) is 12.9. The fourth-order valence-electron chi connectivity index (χ4n) is 5.96. The van der Waals surface area contributed by atoms with Crippen LogP contribution in [0.1, 0.15) is 56.2 Å². The minimum absolute atomic E-state index is 0.0340. The number of para-hydroxylation sites is 1. The third-order valence-electron chi connectivity index (χ3n) is 8.35. The van der Waals surface area contributed by atoms with Crippen molar-refractivity contribution in [2.45, 2.75) is 69.1 Å². The molecule has 2 aromatic carbocycles. The zero-order chi connectivity index (χ0) is 31.8. The molecule has 0 saturated carbocycles. The minimum atomic E-state index is -3.54. The molecule has 3 heterocycles. The predicted octanol–water partition coefficient (Wildman–Crippen LogP) is 5.70. The number of carbonyl (C=O) groups is 1. The van der Waals surface area contributed by atoms with Gasteiger partial charge in [0.1, 0.15) is 16.9 Å². The van der Waals surface area contributed by atoms with Crippen molar-refractivity contribution in [1.29, 1.82) is 0 Å². The second-order valence-corrected chi connectivity index (χ2v) is 15.0. The predicted molar refractivity (Wildman–Crippen MR) is 174 cm³/mol. The number of benzene rings is 2. The van der Waals surface area contributed by atoms with Gasteiger partial charge in [-0.3, -0.25) is 9.69 Å². The van der Waals surface area contributed by atoms with Crippen LogP contribution in [0.3, 0.4) is 0 Å². The van der Waals surface area contributed by atoms with Crippen LogP contribution >= 0.6 is 11.6 Å².